The van der Waals surface area contributed by atoms with Crippen molar-refractivity contribution in [1.82, 2.24) is 9.88 Å². The molecular formula is C13H16N2O3. The van der Waals surface area contributed by atoms with E-state index in [1.807, 2.05) is 18.2 Å². The van der Waals surface area contributed by atoms with E-state index in [4.69, 9.17) is 9.52 Å². The first-order chi connectivity index (χ1) is 8.70. The van der Waals surface area contributed by atoms with Crippen LogP contribution in [0.4, 0.5) is 0 Å². The van der Waals surface area contributed by atoms with E-state index in [0.717, 1.165) is 16.7 Å². The molecule has 0 atom stereocenters. The summed E-state index contributed by atoms with van der Waals surface area (Å²) in [5.41, 5.74) is 2.54. The third kappa shape index (κ3) is 2.87. The minimum Gasteiger partial charge on any atom is -0.443 e. The molecule has 0 spiro atoms. The van der Waals surface area contributed by atoms with E-state index in [0.29, 0.717) is 19.4 Å². The fraction of sp³-hybridized carbons (Fsp3) is 0.385. The van der Waals surface area contributed by atoms with Gasteiger partial charge in [0, 0.05) is 26.6 Å². The zero-order valence-corrected chi connectivity index (χ0v) is 10.3. The van der Waals surface area contributed by atoms with Crippen molar-refractivity contribution in [2.45, 2.75) is 19.4 Å². The monoisotopic (exact) mass is 248 g/mol. The van der Waals surface area contributed by atoms with Crippen LogP contribution in [0.2, 0.25) is 0 Å². The van der Waals surface area contributed by atoms with Crippen molar-refractivity contribution >= 4 is 17.0 Å². The number of benzene rings is 1. The summed E-state index contributed by atoms with van der Waals surface area (Å²) in [6, 6.07) is 5.69. The predicted molar refractivity (Wildman–Crippen MR) is 66.8 cm³/mol. The van der Waals surface area contributed by atoms with Crippen molar-refractivity contribution in [3.05, 3.63) is 30.2 Å². The lowest BCUT2D eigenvalue weighted by atomic mass is 10.2. The van der Waals surface area contributed by atoms with Gasteiger partial charge in [0.1, 0.15) is 5.52 Å². The van der Waals surface area contributed by atoms with Gasteiger partial charge in [0.2, 0.25) is 5.91 Å². The Balaban J connectivity index is 2.01. The van der Waals surface area contributed by atoms with E-state index in [-0.39, 0.29) is 12.5 Å². The maximum Gasteiger partial charge on any atom is 0.222 e. The molecule has 18 heavy (non-hydrogen) atoms. The van der Waals surface area contributed by atoms with Gasteiger partial charge in [-0.3, -0.25) is 4.79 Å². The lowest BCUT2D eigenvalue weighted by Crippen LogP contribution is -2.26. The van der Waals surface area contributed by atoms with Crippen LogP contribution >= 0.6 is 0 Å². The van der Waals surface area contributed by atoms with E-state index in [2.05, 4.69) is 4.98 Å². The normalized spacial score (nSPS) is 10.8. The van der Waals surface area contributed by atoms with Crippen LogP contribution in [0.25, 0.3) is 11.1 Å². The number of oxazole rings is 1. The summed E-state index contributed by atoms with van der Waals surface area (Å²) < 4.78 is 5.22. The Kier molecular flexibility index (Phi) is 3.94. The van der Waals surface area contributed by atoms with Crippen LogP contribution in [0.1, 0.15) is 18.4 Å². The first-order valence-corrected chi connectivity index (χ1v) is 5.87. The standard InChI is InChI=1S/C13H16N2O3/c1-15(13(17)3-2-6-16)8-10-4-5-11-12(7-10)18-9-14-11/h4-5,7,9,16H,2-3,6,8H2,1H3. The summed E-state index contributed by atoms with van der Waals surface area (Å²) in [6.45, 7) is 0.574. The average molecular weight is 248 g/mol. The second kappa shape index (κ2) is 5.64. The summed E-state index contributed by atoms with van der Waals surface area (Å²) in [5.74, 6) is 0.0294. The van der Waals surface area contributed by atoms with Crippen LogP contribution in [0.5, 0.6) is 0 Å². The van der Waals surface area contributed by atoms with Gasteiger partial charge in [-0.25, -0.2) is 4.98 Å². The molecule has 1 aromatic heterocycles. The van der Waals surface area contributed by atoms with E-state index < -0.39 is 0 Å². The molecule has 0 saturated heterocycles. The maximum absolute atomic E-state index is 11.7. The summed E-state index contributed by atoms with van der Waals surface area (Å²) in [5, 5.41) is 8.69. The van der Waals surface area contributed by atoms with Gasteiger partial charge in [0.15, 0.2) is 12.0 Å². The number of aliphatic hydroxyl groups excluding tert-OH is 1. The molecular weight excluding hydrogens is 232 g/mol. The van der Waals surface area contributed by atoms with Gasteiger partial charge < -0.3 is 14.4 Å². The van der Waals surface area contributed by atoms with Gasteiger partial charge >= 0.3 is 0 Å². The number of amides is 1. The fourth-order valence-corrected chi connectivity index (χ4v) is 1.78. The molecule has 5 heteroatoms. The van der Waals surface area contributed by atoms with Crippen molar-refractivity contribution in [3.8, 4) is 0 Å². The van der Waals surface area contributed by atoms with Gasteiger partial charge in [-0.05, 0) is 24.1 Å². The number of aromatic nitrogens is 1. The minimum atomic E-state index is 0.0294. The largest absolute Gasteiger partial charge is 0.443 e. The van der Waals surface area contributed by atoms with Gasteiger partial charge in [-0.2, -0.15) is 0 Å². The van der Waals surface area contributed by atoms with Crippen LogP contribution in [0.15, 0.2) is 29.0 Å². The van der Waals surface area contributed by atoms with E-state index in [1.54, 1.807) is 11.9 Å². The van der Waals surface area contributed by atoms with Gasteiger partial charge in [-0.1, -0.05) is 6.07 Å². The Morgan fingerprint density at radius 1 is 1.50 bits per heavy atom. The first-order valence-electron chi connectivity index (χ1n) is 5.87. The number of carbonyl (C=O) groups is 1. The SMILES string of the molecule is CN(Cc1ccc2ncoc2c1)C(=O)CCCO. The van der Waals surface area contributed by atoms with Gasteiger partial charge in [0.25, 0.3) is 0 Å². The quantitative estimate of drug-likeness (QED) is 0.872. The summed E-state index contributed by atoms with van der Waals surface area (Å²) in [4.78, 5) is 17.4. The number of aliphatic hydroxyl groups is 1. The molecule has 96 valence electrons. The molecule has 0 radical (unpaired) electrons. The molecule has 0 saturated carbocycles. The highest BCUT2D eigenvalue weighted by Crippen LogP contribution is 2.15. The Labute approximate surface area is 105 Å². The second-order valence-corrected chi connectivity index (χ2v) is 4.23. The predicted octanol–water partition coefficient (Wildman–Crippen LogP) is 1.56. The number of hydrogen-bond acceptors (Lipinski definition) is 4. The van der Waals surface area contributed by atoms with Crippen LogP contribution in [0, 0.1) is 0 Å². The lowest BCUT2D eigenvalue weighted by Gasteiger charge is -2.16. The van der Waals surface area contributed by atoms with Crippen molar-refractivity contribution in [3.63, 3.8) is 0 Å². The molecule has 0 aliphatic carbocycles. The van der Waals surface area contributed by atoms with Crippen LogP contribution in [-0.4, -0.2) is 34.6 Å². The molecule has 0 aliphatic heterocycles. The topological polar surface area (TPSA) is 66.6 Å². The number of rotatable bonds is 5. The van der Waals surface area contributed by atoms with Gasteiger partial charge in [0.05, 0.1) is 0 Å². The first kappa shape index (κ1) is 12.6. The molecule has 1 aromatic carbocycles. The lowest BCUT2D eigenvalue weighted by molar-refractivity contribution is -0.130. The zero-order valence-electron chi connectivity index (χ0n) is 10.3. The van der Waals surface area contributed by atoms with Crippen molar-refractivity contribution in [2.75, 3.05) is 13.7 Å². The van der Waals surface area contributed by atoms with Crippen LogP contribution in [0.3, 0.4) is 0 Å². The number of carbonyl (C=O) groups excluding carboxylic acids is 1. The van der Waals surface area contributed by atoms with Crippen molar-refractivity contribution in [1.29, 1.82) is 0 Å². The van der Waals surface area contributed by atoms with Crippen LogP contribution in [-0.2, 0) is 11.3 Å². The third-order valence-electron chi connectivity index (χ3n) is 2.79. The zero-order chi connectivity index (χ0) is 13.0. The smallest absolute Gasteiger partial charge is 0.222 e. The van der Waals surface area contributed by atoms with Gasteiger partial charge in [-0.15, -0.1) is 0 Å². The molecule has 2 aromatic rings. The van der Waals surface area contributed by atoms with E-state index >= 15 is 0 Å². The van der Waals surface area contributed by atoms with Crippen molar-refractivity contribution < 1.29 is 14.3 Å². The van der Waals surface area contributed by atoms with E-state index in [9.17, 15) is 4.79 Å². The summed E-state index contributed by atoms with van der Waals surface area (Å²) in [6.07, 6.45) is 2.28. The number of nitrogens with zero attached hydrogens (tertiary/aromatic N) is 2. The van der Waals surface area contributed by atoms with Crippen molar-refractivity contribution in [2.24, 2.45) is 0 Å². The molecule has 0 fully saturated rings. The molecule has 1 heterocycles. The molecule has 0 unspecified atom stereocenters. The summed E-state index contributed by atoms with van der Waals surface area (Å²) >= 11 is 0. The molecule has 5 nitrogen and oxygen atoms in total. The number of hydrogen-bond donors (Lipinski definition) is 1. The Bertz CT molecular complexity index is 536. The average Bonchev–Trinajstić information content (AvgIpc) is 2.83. The molecule has 1 N–H and O–H groups in total. The van der Waals surface area contributed by atoms with Crippen LogP contribution < -0.4 is 0 Å². The fourth-order valence-electron chi connectivity index (χ4n) is 1.78. The highest BCUT2D eigenvalue weighted by atomic mass is 16.3. The highest BCUT2D eigenvalue weighted by Gasteiger charge is 2.09. The number of fused-ring (bicyclic) bond motifs is 1. The Morgan fingerprint density at radius 3 is 3.11 bits per heavy atom. The maximum atomic E-state index is 11.7. The minimum absolute atomic E-state index is 0.0294. The molecule has 1 amide bonds. The second-order valence-electron chi connectivity index (χ2n) is 4.23. The molecule has 2 rings (SSSR count). The Morgan fingerprint density at radius 2 is 2.33 bits per heavy atom. The summed E-state index contributed by atoms with van der Waals surface area (Å²) in [7, 11) is 1.75. The molecule has 0 aliphatic rings. The van der Waals surface area contributed by atoms with E-state index in [1.165, 1.54) is 6.39 Å². The molecule has 0 bridgehead atoms. The third-order valence-corrected chi connectivity index (χ3v) is 2.79. The highest BCUT2D eigenvalue weighted by molar-refractivity contribution is 5.76. The Hall–Kier alpha value is -1.88.